The second-order valence-electron chi connectivity index (χ2n) is 4.19. The molecule has 0 spiro atoms. The Bertz CT molecular complexity index is 565. The van der Waals surface area contributed by atoms with Gasteiger partial charge in [-0.15, -0.1) is 0 Å². The lowest BCUT2D eigenvalue weighted by atomic mass is 10.2. The van der Waals surface area contributed by atoms with Crippen molar-refractivity contribution in [2.75, 3.05) is 11.9 Å². The Morgan fingerprint density at radius 2 is 2.10 bits per heavy atom. The Morgan fingerprint density at radius 3 is 2.76 bits per heavy atom. The number of hydrogen-bond acceptors (Lipinski definition) is 4. The third kappa shape index (κ3) is 4.59. The second-order valence-corrected chi connectivity index (χ2v) is 4.19. The van der Waals surface area contributed by atoms with Crippen LogP contribution < -0.4 is 14.8 Å². The van der Waals surface area contributed by atoms with Crippen molar-refractivity contribution >= 4 is 5.69 Å². The summed E-state index contributed by atoms with van der Waals surface area (Å²) in [5.74, 6) is 0.347. The van der Waals surface area contributed by atoms with Gasteiger partial charge in [0.05, 0.1) is 12.3 Å². The molecule has 6 heteroatoms. The highest BCUT2D eigenvalue weighted by Gasteiger charge is 2.11. The van der Waals surface area contributed by atoms with Gasteiger partial charge in [0.2, 0.25) is 0 Å². The maximum atomic E-state index is 12.3. The Hall–Kier alpha value is -2.37. The summed E-state index contributed by atoms with van der Waals surface area (Å²) in [6.45, 7) is -0.185. The molecule has 0 unspecified atom stereocenters. The average Bonchev–Trinajstić information content (AvgIpc) is 2.48. The third-order valence-electron chi connectivity index (χ3n) is 2.68. The van der Waals surface area contributed by atoms with Crippen molar-refractivity contribution in [3.8, 4) is 11.5 Å². The van der Waals surface area contributed by atoms with Crippen molar-refractivity contribution < 1.29 is 18.3 Å². The first-order valence-corrected chi connectivity index (χ1v) is 6.53. The zero-order valence-electron chi connectivity index (χ0n) is 11.6. The lowest BCUT2D eigenvalue weighted by Gasteiger charge is -2.13. The van der Waals surface area contributed by atoms with E-state index in [1.54, 1.807) is 31.5 Å². The van der Waals surface area contributed by atoms with Crippen molar-refractivity contribution in [2.45, 2.75) is 20.1 Å². The molecule has 0 aliphatic heterocycles. The smallest absolute Gasteiger partial charge is 0.387 e. The van der Waals surface area contributed by atoms with Crippen molar-refractivity contribution in [3.05, 3.63) is 48.3 Å². The number of rotatable bonds is 7. The van der Waals surface area contributed by atoms with E-state index in [0.29, 0.717) is 18.9 Å². The zero-order valence-corrected chi connectivity index (χ0v) is 11.6. The van der Waals surface area contributed by atoms with Gasteiger partial charge in [0.1, 0.15) is 0 Å². The van der Waals surface area contributed by atoms with E-state index >= 15 is 0 Å². The molecule has 1 aromatic heterocycles. The van der Waals surface area contributed by atoms with Gasteiger partial charge in [-0.3, -0.25) is 4.98 Å². The number of pyridine rings is 1. The van der Waals surface area contributed by atoms with Gasteiger partial charge in [-0.05, 0) is 36.8 Å². The number of halogens is 2. The van der Waals surface area contributed by atoms with Crippen LogP contribution in [0.3, 0.4) is 0 Å². The summed E-state index contributed by atoms with van der Waals surface area (Å²) in [6, 6.07) is 8.60. The topological polar surface area (TPSA) is 43.4 Å². The number of nitrogens with zero attached hydrogens (tertiary/aromatic N) is 1. The Kier molecular flexibility index (Phi) is 5.31. The van der Waals surface area contributed by atoms with Crippen LogP contribution >= 0.6 is 0 Å². The summed E-state index contributed by atoms with van der Waals surface area (Å²) >= 11 is 0. The summed E-state index contributed by atoms with van der Waals surface area (Å²) in [6.07, 6.45) is 3.40. The quantitative estimate of drug-likeness (QED) is 0.845. The van der Waals surface area contributed by atoms with E-state index in [9.17, 15) is 8.78 Å². The predicted octanol–water partition coefficient (Wildman–Crippen LogP) is 3.69. The molecule has 0 aliphatic carbocycles. The molecule has 4 nitrogen and oxygen atoms in total. The summed E-state index contributed by atoms with van der Waals surface area (Å²) < 4.78 is 34.4. The Labute approximate surface area is 121 Å². The number of benzene rings is 1. The molecule has 0 fully saturated rings. The van der Waals surface area contributed by atoms with E-state index in [4.69, 9.17) is 4.74 Å². The Balaban J connectivity index is 2.08. The van der Waals surface area contributed by atoms with Gasteiger partial charge in [-0.2, -0.15) is 8.78 Å². The molecule has 0 bridgehead atoms. The summed E-state index contributed by atoms with van der Waals surface area (Å²) in [7, 11) is 0. The molecular weight excluding hydrogens is 278 g/mol. The molecule has 1 aromatic carbocycles. The van der Waals surface area contributed by atoms with E-state index in [2.05, 4.69) is 15.0 Å². The van der Waals surface area contributed by atoms with Crippen LogP contribution in [0.15, 0.2) is 42.7 Å². The van der Waals surface area contributed by atoms with Crippen LogP contribution in [0.2, 0.25) is 0 Å². The SMILES string of the molecule is CCOc1cc(CNc2cccnc2)ccc1OC(F)F. The second kappa shape index (κ2) is 7.42. The first-order chi connectivity index (χ1) is 10.2. The van der Waals surface area contributed by atoms with Crippen molar-refractivity contribution in [3.63, 3.8) is 0 Å². The predicted molar refractivity (Wildman–Crippen MR) is 75.8 cm³/mol. The molecule has 2 rings (SSSR count). The lowest BCUT2D eigenvalue weighted by molar-refractivity contribution is -0.0514. The summed E-state index contributed by atoms with van der Waals surface area (Å²) in [4.78, 5) is 4.00. The van der Waals surface area contributed by atoms with E-state index in [1.807, 2.05) is 12.1 Å². The average molecular weight is 294 g/mol. The van der Waals surface area contributed by atoms with Crippen molar-refractivity contribution in [1.29, 1.82) is 0 Å². The fraction of sp³-hybridized carbons (Fsp3) is 0.267. The molecule has 0 radical (unpaired) electrons. The number of ether oxygens (including phenoxy) is 2. The van der Waals surface area contributed by atoms with Gasteiger partial charge in [0.15, 0.2) is 11.5 Å². The van der Waals surface area contributed by atoms with Crippen LogP contribution in [0.1, 0.15) is 12.5 Å². The van der Waals surface area contributed by atoms with Crippen molar-refractivity contribution in [2.24, 2.45) is 0 Å². The number of anilines is 1. The molecule has 1 heterocycles. The van der Waals surface area contributed by atoms with Crippen LogP contribution in [0, 0.1) is 0 Å². The molecule has 1 N–H and O–H groups in total. The molecule has 0 saturated carbocycles. The normalized spacial score (nSPS) is 10.5. The molecule has 21 heavy (non-hydrogen) atoms. The minimum absolute atomic E-state index is 0.0389. The van der Waals surface area contributed by atoms with E-state index in [0.717, 1.165) is 11.3 Å². The minimum Gasteiger partial charge on any atom is -0.490 e. The molecule has 0 amide bonds. The molecule has 0 aliphatic rings. The highest BCUT2D eigenvalue weighted by molar-refractivity contribution is 5.45. The molecular formula is C15H16F2N2O2. The monoisotopic (exact) mass is 294 g/mol. The fourth-order valence-corrected chi connectivity index (χ4v) is 1.80. The van der Waals surface area contributed by atoms with Gasteiger partial charge < -0.3 is 14.8 Å². The lowest BCUT2D eigenvalue weighted by Crippen LogP contribution is -2.06. The maximum Gasteiger partial charge on any atom is 0.387 e. The maximum absolute atomic E-state index is 12.3. The van der Waals surface area contributed by atoms with Crippen LogP contribution in [-0.4, -0.2) is 18.2 Å². The van der Waals surface area contributed by atoms with Crippen LogP contribution in [0.5, 0.6) is 11.5 Å². The third-order valence-corrected chi connectivity index (χ3v) is 2.68. The molecule has 112 valence electrons. The largest absolute Gasteiger partial charge is 0.490 e. The van der Waals surface area contributed by atoms with E-state index < -0.39 is 6.61 Å². The van der Waals surface area contributed by atoms with E-state index in [-0.39, 0.29) is 5.75 Å². The first kappa shape index (κ1) is 15.0. The van der Waals surface area contributed by atoms with Crippen LogP contribution in [0.25, 0.3) is 0 Å². The van der Waals surface area contributed by atoms with E-state index in [1.165, 1.54) is 6.07 Å². The van der Waals surface area contributed by atoms with Gasteiger partial charge in [0, 0.05) is 18.9 Å². The zero-order chi connectivity index (χ0) is 15.1. The number of aromatic nitrogens is 1. The highest BCUT2D eigenvalue weighted by atomic mass is 19.3. The molecule has 2 aromatic rings. The molecule has 0 saturated heterocycles. The summed E-state index contributed by atoms with van der Waals surface area (Å²) in [5.41, 5.74) is 1.77. The van der Waals surface area contributed by atoms with Crippen LogP contribution in [0.4, 0.5) is 14.5 Å². The number of hydrogen-bond donors (Lipinski definition) is 1. The Morgan fingerprint density at radius 1 is 1.24 bits per heavy atom. The highest BCUT2D eigenvalue weighted by Crippen LogP contribution is 2.30. The number of nitrogens with one attached hydrogen (secondary N) is 1. The number of alkyl halides is 2. The summed E-state index contributed by atoms with van der Waals surface area (Å²) in [5, 5.41) is 3.18. The van der Waals surface area contributed by atoms with Crippen LogP contribution in [-0.2, 0) is 6.54 Å². The van der Waals surface area contributed by atoms with Gasteiger partial charge in [-0.1, -0.05) is 6.07 Å². The van der Waals surface area contributed by atoms with Gasteiger partial charge >= 0.3 is 6.61 Å². The van der Waals surface area contributed by atoms with Crippen molar-refractivity contribution in [1.82, 2.24) is 4.98 Å². The minimum atomic E-state index is -2.87. The molecule has 0 atom stereocenters. The fourth-order valence-electron chi connectivity index (χ4n) is 1.80. The first-order valence-electron chi connectivity index (χ1n) is 6.53. The van der Waals surface area contributed by atoms with Gasteiger partial charge in [0.25, 0.3) is 0 Å². The van der Waals surface area contributed by atoms with Gasteiger partial charge in [-0.25, -0.2) is 0 Å². The standard InChI is InChI=1S/C15H16F2N2O2/c1-2-20-14-8-11(5-6-13(14)21-15(16)17)9-19-12-4-3-7-18-10-12/h3-8,10,15,19H,2,9H2,1H3.